The normalized spacial score (nSPS) is 18.3. The summed E-state index contributed by atoms with van der Waals surface area (Å²) in [5.41, 5.74) is 1.53. The fraction of sp³-hybridized carbons (Fsp3) is 0.294. The molecule has 2 aromatic rings. The minimum Gasteiger partial charge on any atom is -0.338 e. The SMILES string of the molecule is O=C(c1ccnc(F)c1)N1CCC[C@@H](c2ccc(Cl)cc2)C1. The van der Waals surface area contributed by atoms with E-state index in [9.17, 15) is 9.18 Å². The average molecular weight is 319 g/mol. The highest BCUT2D eigenvalue weighted by Crippen LogP contribution is 2.28. The summed E-state index contributed by atoms with van der Waals surface area (Å²) in [4.78, 5) is 17.8. The van der Waals surface area contributed by atoms with E-state index in [1.165, 1.54) is 17.8 Å². The Hall–Kier alpha value is -1.94. The molecule has 114 valence electrons. The first-order chi connectivity index (χ1) is 10.6. The van der Waals surface area contributed by atoms with Gasteiger partial charge in [0.05, 0.1) is 0 Å². The van der Waals surface area contributed by atoms with Crippen LogP contribution >= 0.6 is 11.6 Å². The highest BCUT2D eigenvalue weighted by molar-refractivity contribution is 6.30. The molecule has 0 unspecified atom stereocenters. The molecule has 1 aliphatic heterocycles. The van der Waals surface area contributed by atoms with Crippen molar-refractivity contribution in [3.8, 4) is 0 Å². The smallest absolute Gasteiger partial charge is 0.254 e. The highest BCUT2D eigenvalue weighted by Gasteiger charge is 2.25. The lowest BCUT2D eigenvalue weighted by Crippen LogP contribution is -2.39. The zero-order valence-electron chi connectivity index (χ0n) is 12.0. The van der Waals surface area contributed by atoms with Crippen LogP contribution in [0.25, 0.3) is 0 Å². The van der Waals surface area contributed by atoms with Gasteiger partial charge in [0.25, 0.3) is 5.91 Å². The Labute approximate surface area is 133 Å². The van der Waals surface area contributed by atoms with Crippen molar-refractivity contribution < 1.29 is 9.18 Å². The van der Waals surface area contributed by atoms with Crippen molar-refractivity contribution in [1.29, 1.82) is 0 Å². The molecule has 0 saturated carbocycles. The van der Waals surface area contributed by atoms with Crippen molar-refractivity contribution in [2.45, 2.75) is 18.8 Å². The lowest BCUT2D eigenvalue weighted by atomic mass is 9.90. The largest absolute Gasteiger partial charge is 0.338 e. The molecule has 1 atom stereocenters. The van der Waals surface area contributed by atoms with Gasteiger partial charge >= 0.3 is 0 Å². The van der Waals surface area contributed by atoms with Crippen LogP contribution in [0, 0.1) is 5.95 Å². The minimum atomic E-state index is -0.628. The second kappa shape index (κ2) is 6.44. The molecule has 1 amide bonds. The van der Waals surface area contributed by atoms with Crippen molar-refractivity contribution in [1.82, 2.24) is 9.88 Å². The fourth-order valence-corrected chi connectivity index (χ4v) is 3.01. The number of pyridine rings is 1. The molecule has 1 saturated heterocycles. The molecular formula is C17H16ClFN2O. The molecule has 0 radical (unpaired) electrons. The Kier molecular flexibility index (Phi) is 4.39. The van der Waals surface area contributed by atoms with Gasteiger partial charge in [-0.3, -0.25) is 4.79 Å². The monoisotopic (exact) mass is 318 g/mol. The number of halogens is 2. The molecule has 1 aromatic carbocycles. The van der Waals surface area contributed by atoms with Gasteiger partial charge < -0.3 is 4.90 Å². The number of aromatic nitrogens is 1. The quantitative estimate of drug-likeness (QED) is 0.787. The van der Waals surface area contributed by atoms with Crippen molar-refractivity contribution in [2.24, 2.45) is 0 Å². The fourth-order valence-electron chi connectivity index (χ4n) is 2.89. The van der Waals surface area contributed by atoms with Crippen LogP contribution in [0.2, 0.25) is 5.02 Å². The van der Waals surface area contributed by atoms with Gasteiger partial charge in [0, 0.05) is 41.9 Å². The zero-order valence-corrected chi connectivity index (χ0v) is 12.8. The molecular weight excluding hydrogens is 303 g/mol. The number of hydrogen-bond donors (Lipinski definition) is 0. The lowest BCUT2D eigenvalue weighted by Gasteiger charge is -2.33. The van der Waals surface area contributed by atoms with Crippen LogP contribution in [-0.2, 0) is 0 Å². The number of benzene rings is 1. The van der Waals surface area contributed by atoms with Crippen molar-refractivity contribution in [3.05, 3.63) is 64.7 Å². The topological polar surface area (TPSA) is 33.2 Å². The van der Waals surface area contributed by atoms with Gasteiger partial charge in [0.2, 0.25) is 5.95 Å². The van der Waals surface area contributed by atoms with Gasteiger partial charge in [-0.05, 0) is 36.6 Å². The highest BCUT2D eigenvalue weighted by atomic mass is 35.5. The Morgan fingerprint density at radius 3 is 2.77 bits per heavy atom. The second-order valence-corrected chi connectivity index (χ2v) is 5.95. The van der Waals surface area contributed by atoms with Crippen molar-refractivity contribution in [2.75, 3.05) is 13.1 Å². The molecule has 3 rings (SSSR count). The number of hydrogen-bond acceptors (Lipinski definition) is 2. The summed E-state index contributed by atoms with van der Waals surface area (Å²) in [6.45, 7) is 1.34. The van der Waals surface area contributed by atoms with Gasteiger partial charge in [-0.2, -0.15) is 4.39 Å². The van der Waals surface area contributed by atoms with Gasteiger partial charge in [-0.15, -0.1) is 0 Å². The molecule has 0 N–H and O–H groups in total. The maximum Gasteiger partial charge on any atom is 0.254 e. The summed E-state index contributed by atoms with van der Waals surface area (Å²) in [5, 5.41) is 0.708. The number of carbonyl (C=O) groups excluding carboxylic acids is 1. The first-order valence-corrected chi connectivity index (χ1v) is 7.67. The zero-order chi connectivity index (χ0) is 15.5. The third-order valence-corrected chi connectivity index (χ3v) is 4.28. The van der Waals surface area contributed by atoms with Gasteiger partial charge in [-0.1, -0.05) is 23.7 Å². The van der Waals surface area contributed by atoms with Crippen LogP contribution in [-0.4, -0.2) is 28.9 Å². The molecule has 1 aromatic heterocycles. The van der Waals surface area contributed by atoms with E-state index < -0.39 is 5.95 Å². The second-order valence-electron chi connectivity index (χ2n) is 5.51. The Bertz CT molecular complexity index is 675. The summed E-state index contributed by atoms with van der Waals surface area (Å²) in [6, 6.07) is 10.5. The van der Waals surface area contributed by atoms with E-state index in [4.69, 9.17) is 11.6 Å². The minimum absolute atomic E-state index is 0.139. The van der Waals surface area contributed by atoms with E-state index in [1.54, 1.807) is 11.0 Å². The van der Waals surface area contributed by atoms with E-state index in [1.807, 2.05) is 24.3 Å². The molecule has 0 aliphatic carbocycles. The summed E-state index contributed by atoms with van der Waals surface area (Å²) in [6.07, 6.45) is 3.30. The third kappa shape index (κ3) is 3.28. The third-order valence-electron chi connectivity index (χ3n) is 4.02. The van der Waals surface area contributed by atoms with Gasteiger partial charge in [0.15, 0.2) is 0 Å². The lowest BCUT2D eigenvalue weighted by molar-refractivity contribution is 0.0706. The summed E-state index contributed by atoms with van der Waals surface area (Å²) >= 11 is 5.92. The van der Waals surface area contributed by atoms with E-state index >= 15 is 0 Å². The Morgan fingerprint density at radius 1 is 1.27 bits per heavy atom. The Morgan fingerprint density at radius 2 is 2.05 bits per heavy atom. The van der Waals surface area contributed by atoms with Crippen LogP contribution in [0.1, 0.15) is 34.7 Å². The number of amides is 1. The molecule has 1 fully saturated rings. The number of likely N-dealkylation sites (tertiary alicyclic amines) is 1. The molecule has 0 spiro atoms. The maximum absolute atomic E-state index is 13.2. The molecule has 2 heterocycles. The molecule has 0 bridgehead atoms. The van der Waals surface area contributed by atoms with Crippen LogP contribution in [0.15, 0.2) is 42.6 Å². The van der Waals surface area contributed by atoms with E-state index in [2.05, 4.69) is 4.98 Å². The number of rotatable bonds is 2. The summed E-state index contributed by atoms with van der Waals surface area (Å²) < 4.78 is 13.2. The van der Waals surface area contributed by atoms with Crippen LogP contribution in [0.3, 0.4) is 0 Å². The number of nitrogens with zero attached hydrogens (tertiary/aromatic N) is 2. The van der Waals surface area contributed by atoms with Gasteiger partial charge in [-0.25, -0.2) is 4.98 Å². The average Bonchev–Trinajstić information content (AvgIpc) is 2.55. The van der Waals surface area contributed by atoms with Crippen LogP contribution in [0.5, 0.6) is 0 Å². The van der Waals surface area contributed by atoms with E-state index in [0.29, 0.717) is 29.6 Å². The molecule has 22 heavy (non-hydrogen) atoms. The first kappa shape index (κ1) is 15.0. The predicted octanol–water partition coefficient (Wildman–Crippen LogP) is 3.89. The molecule has 1 aliphatic rings. The molecule has 3 nitrogen and oxygen atoms in total. The Balaban J connectivity index is 1.75. The maximum atomic E-state index is 13.2. The van der Waals surface area contributed by atoms with Crippen LogP contribution in [0.4, 0.5) is 4.39 Å². The van der Waals surface area contributed by atoms with E-state index in [-0.39, 0.29) is 5.91 Å². The van der Waals surface area contributed by atoms with Crippen molar-refractivity contribution in [3.63, 3.8) is 0 Å². The van der Waals surface area contributed by atoms with Crippen molar-refractivity contribution >= 4 is 17.5 Å². The predicted molar refractivity (Wildman–Crippen MR) is 83.5 cm³/mol. The standard InChI is InChI=1S/C17H16ClFN2O/c18-15-5-3-12(4-6-15)14-2-1-9-21(11-14)17(22)13-7-8-20-16(19)10-13/h3-8,10,14H,1-2,9,11H2/t14-/m1/s1. The molecule has 5 heteroatoms. The first-order valence-electron chi connectivity index (χ1n) is 7.30. The van der Waals surface area contributed by atoms with Crippen LogP contribution < -0.4 is 0 Å². The van der Waals surface area contributed by atoms with E-state index in [0.717, 1.165) is 12.8 Å². The summed E-state index contributed by atoms with van der Waals surface area (Å²) in [5.74, 6) is -0.473. The number of carbonyl (C=O) groups is 1. The summed E-state index contributed by atoms with van der Waals surface area (Å²) in [7, 11) is 0. The number of piperidine rings is 1. The van der Waals surface area contributed by atoms with Gasteiger partial charge in [0.1, 0.15) is 0 Å².